The average molecular weight is 367 g/mol. The van der Waals surface area contributed by atoms with Gasteiger partial charge in [0.25, 0.3) is 0 Å². The van der Waals surface area contributed by atoms with Crippen molar-refractivity contribution in [3.63, 3.8) is 0 Å². The van der Waals surface area contributed by atoms with Crippen LogP contribution >= 0.6 is 0 Å². The molecular weight excluding hydrogens is 328 g/mol. The Labute approximate surface area is 159 Å². The summed E-state index contributed by atoms with van der Waals surface area (Å²) in [7, 11) is 3.69. The standard InChI is InChI=1S/C19H38N6O/c1-16(2)11-8-6-7-9-12-20-19(21-13-10-14-26-5)22-15-18-24-23-17(3)25(18)4/h16H,6-15H2,1-5H3,(H2,20,21,22). The fraction of sp³-hybridized carbons (Fsp3) is 0.842. The second-order valence-corrected chi connectivity index (χ2v) is 7.18. The van der Waals surface area contributed by atoms with E-state index < -0.39 is 0 Å². The third kappa shape index (κ3) is 9.75. The van der Waals surface area contributed by atoms with E-state index >= 15 is 0 Å². The third-order valence-corrected chi connectivity index (χ3v) is 4.38. The van der Waals surface area contributed by atoms with Crippen molar-refractivity contribution in [3.8, 4) is 0 Å². The number of nitrogens with one attached hydrogen (secondary N) is 2. The smallest absolute Gasteiger partial charge is 0.191 e. The summed E-state index contributed by atoms with van der Waals surface area (Å²) in [6.07, 6.45) is 7.36. The van der Waals surface area contributed by atoms with Crippen LogP contribution in [0.25, 0.3) is 0 Å². The maximum absolute atomic E-state index is 5.10. The van der Waals surface area contributed by atoms with Crippen LogP contribution in [-0.4, -0.2) is 47.5 Å². The lowest BCUT2D eigenvalue weighted by Crippen LogP contribution is -2.38. The highest BCUT2D eigenvalue weighted by Crippen LogP contribution is 2.08. The van der Waals surface area contributed by atoms with Crippen LogP contribution in [-0.2, 0) is 18.3 Å². The van der Waals surface area contributed by atoms with Crippen molar-refractivity contribution >= 4 is 5.96 Å². The first-order chi connectivity index (χ1) is 12.5. The molecule has 0 aliphatic carbocycles. The highest BCUT2D eigenvalue weighted by Gasteiger charge is 2.05. The molecule has 1 rings (SSSR count). The van der Waals surface area contributed by atoms with E-state index in [1.807, 2.05) is 18.5 Å². The van der Waals surface area contributed by atoms with Crippen molar-refractivity contribution < 1.29 is 4.74 Å². The SMILES string of the molecule is COCCCNC(=NCc1nnc(C)n1C)NCCCCCCC(C)C. The van der Waals surface area contributed by atoms with Gasteiger partial charge in [-0.2, -0.15) is 0 Å². The van der Waals surface area contributed by atoms with E-state index in [4.69, 9.17) is 4.74 Å². The molecule has 150 valence electrons. The molecule has 1 heterocycles. The lowest BCUT2D eigenvalue weighted by Gasteiger charge is -2.12. The highest BCUT2D eigenvalue weighted by molar-refractivity contribution is 5.79. The zero-order valence-corrected chi connectivity index (χ0v) is 17.3. The summed E-state index contributed by atoms with van der Waals surface area (Å²) < 4.78 is 7.08. The van der Waals surface area contributed by atoms with Crippen LogP contribution in [0.4, 0.5) is 0 Å². The predicted molar refractivity (Wildman–Crippen MR) is 107 cm³/mol. The van der Waals surface area contributed by atoms with Crippen molar-refractivity contribution in [3.05, 3.63) is 11.6 Å². The molecule has 0 aromatic carbocycles. The van der Waals surface area contributed by atoms with Crippen LogP contribution in [0.15, 0.2) is 4.99 Å². The van der Waals surface area contributed by atoms with Crippen molar-refractivity contribution in [1.82, 2.24) is 25.4 Å². The fourth-order valence-corrected chi connectivity index (χ4v) is 2.57. The van der Waals surface area contributed by atoms with E-state index in [-0.39, 0.29) is 0 Å². The molecule has 0 radical (unpaired) electrons. The average Bonchev–Trinajstić information content (AvgIpc) is 2.93. The number of hydrogen-bond acceptors (Lipinski definition) is 4. The Hall–Kier alpha value is -1.63. The van der Waals surface area contributed by atoms with Crippen LogP contribution < -0.4 is 10.6 Å². The fourth-order valence-electron chi connectivity index (χ4n) is 2.57. The summed E-state index contributed by atoms with van der Waals surface area (Å²) in [5.41, 5.74) is 0. The van der Waals surface area contributed by atoms with E-state index in [0.29, 0.717) is 6.54 Å². The van der Waals surface area contributed by atoms with Gasteiger partial charge in [0.15, 0.2) is 11.8 Å². The van der Waals surface area contributed by atoms with Crippen LogP contribution in [0.2, 0.25) is 0 Å². The topological polar surface area (TPSA) is 76.4 Å². The number of aliphatic imine (C=N–C) groups is 1. The van der Waals surface area contributed by atoms with E-state index in [9.17, 15) is 0 Å². The number of rotatable bonds is 13. The molecule has 0 saturated carbocycles. The molecule has 2 N–H and O–H groups in total. The Bertz CT molecular complexity index is 512. The summed E-state index contributed by atoms with van der Waals surface area (Å²) in [6, 6.07) is 0. The quantitative estimate of drug-likeness (QED) is 0.319. The number of hydrogen-bond donors (Lipinski definition) is 2. The second kappa shape index (κ2) is 13.6. The molecule has 0 atom stereocenters. The summed E-state index contributed by atoms with van der Waals surface area (Å²) in [5.74, 6) is 3.42. The molecule has 0 bridgehead atoms. The van der Waals surface area contributed by atoms with Gasteiger partial charge in [0.05, 0.1) is 0 Å². The molecule has 0 aliphatic rings. The molecular formula is C19H38N6O. The first kappa shape index (κ1) is 22.4. The molecule has 0 saturated heterocycles. The summed E-state index contributed by atoms with van der Waals surface area (Å²) in [4.78, 5) is 4.65. The molecule has 0 unspecified atom stereocenters. The van der Waals surface area contributed by atoms with E-state index in [2.05, 4.69) is 39.7 Å². The number of unbranched alkanes of at least 4 members (excludes halogenated alkanes) is 3. The van der Waals surface area contributed by atoms with E-state index in [1.54, 1.807) is 7.11 Å². The van der Waals surface area contributed by atoms with Gasteiger partial charge in [-0.25, -0.2) is 4.99 Å². The van der Waals surface area contributed by atoms with Gasteiger partial charge >= 0.3 is 0 Å². The molecule has 0 spiro atoms. The van der Waals surface area contributed by atoms with Gasteiger partial charge in [-0.1, -0.05) is 39.5 Å². The minimum absolute atomic E-state index is 0.519. The number of nitrogens with zero attached hydrogens (tertiary/aromatic N) is 4. The summed E-state index contributed by atoms with van der Waals surface area (Å²) >= 11 is 0. The molecule has 7 heteroatoms. The monoisotopic (exact) mass is 366 g/mol. The van der Waals surface area contributed by atoms with Gasteiger partial charge in [0, 0.05) is 33.9 Å². The summed E-state index contributed by atoms with van der Waals surface area (Å²) in [5, 5.41) is 15.1. The highest BCUT2D eigenvalue weighted by atomic mass is 16.5. The molecule has 7 nitrogen and oxygen atoms in total. The number of ether oxygens (including phenoxy) is 1. The second-order valence-electron chi connectivity index (χ2n) is 7.18. The van der Waals surface area contributed by atoms with E-state index in [1.165, 1.54) is 32.1 Å². The number of methoxy groups -OCH3 is 1. The van der Waals surface area contributed by atoms with Crippen molar-refractivity contribution in [1.29, 1.82) is 0 Å². The molecule has 0 amide bonds. The zero-order chi connectivity index (χ0) is 19.2. The number of aryl methyl sites for hydroxylation is 1. The van der Waals surface area contributed by atoms with Gasteiger partial charge < -0.3 is 19.9 Å². The molecule has 0 aliphatic heterocycles. The lowest BCUT2D eigenvalue weighted by molar-refractivity contribution is 0.195. The van der Waals surface area contributed by atoms with Crippen molar-refractivity contribution in [2.45, 2.75) is 65.8 Å². The molecule has 26 heavy (non-hydrogen) atoms. The Morgan fingerprint density at radius 3 is 2.38 bits per heavy atom. The number of aromatic nitrogens is 3. The van der Waals surface area contributed by atoms with Crippen LogP contribution in [0.5, 0.6) is 0 Å². The first-order valence-corrected chi connectivity index (χ1v) is 9.90. The molecule has 0 fully saturated rings. The van der Waals surface area contributed by atoms with Crippen LogP contribution in [0.3, 0.4) is 0 Å². The van der Waals surface area contributed by atoms with Gasteiger partial charge in [0.1, 0.15) is 12.4 Å². The minimum Gasteiger partial charge on any atom is -0.385 e. The Morgan fingerprint density at radius 1 is 1.08 bits per heavy atom. The first-order valence-electron chi connectivity index (χ1n) is 9.90. The molecule has 1 aromatic rings. The summed E-state index contributed by atoms with van der Waals surface area (Å²) in [6.45, 7) is 9.57. The van der Waals surface area contributed by atoms with Crippen molar-refractivity contribution in [2.24, 2.45) is 18.0 Å². The van der Waals surface area contributed by atoms with Gasteiger partial charge in [-0.05, 0) is 25.7 Å². The van der Waals surface area contributed by atoms with Crippen LogP contribution in [0, 0.1) is 12.8 Å². The third-order valence-electron chi connectivity index (χ3n) is 4.38. The van der Waals surface area contributed by atoms with Gasteiger partial charge in [-0.15, -0.1) is 10.2 Å². The van der Waals surface area contributed by atoms with E-state index in [0.717, 1.165) is 49.6 Å². The maximum atomic E-state index is 5.10. The largest absolute Gasteiger partial charge is 0.385 e. The Morgan fingerprint density at radius 2 is 1.77 bits per heavy atom. The van der Waals surface area contributed by atoms with Gasteiger partial charge in [-0.3, -0.25) is 0 Å². The van der Waals surface area contributed by atoms with Gasteiger partial charge in [0.2, 0.25) is 0 Å². The zero-order valence-electron chi connectivity index (χ0n) is 17.3. The minimum atomic E-state index is 0.519. The Balaban J connectivity index is 2.37. The normalized spacial score (nSPS) is 12.0. The lowest BCUT2D eigenvalue weighted by atomic mass is 10.0. The van der Waals surface area contributed by atoms with Crippen LogP contribution in [0.1, 0.15) is 64.0 Å². The predicted octanol–water partition coefficient (Wildman–Crippen LogP) is 2.80. The molecule has 1 aromatic heterocycles. The van der Waals surface area contributed by atoms with Crippen molar-refractivity contribution in [2.75, 3.05) is 26.8 Å². The number of guanidine groups is 1. The maximum Gasteiger partial charge on any atom is 0.191 e. The Kier molecular flexibility index (Phi) is 11.7.